The molecular formula is C20H31F8NO4. The number of hydrogen-bond acceptors (Lipinski definition) is 5. The Hall–Kier alpha value is -1.21. The quantitative estimate of drug-likeness (QED) is 0.173. The van der Waals surface area contributed by atoms with Gasteiger partial charge in [0.25, 0.3) is 0 Å². The number of hydrogen-bond donors (Lipinski definition) is 0. The maximum atomic E-state index is 13.7. The predicted octanol–water partition coefficient (Wildman–Crippen LogP) is 4.78. The molecule has 1 atom stereocenters. The van der Waals surface area contributed by atoms with Crippen molar-refractivity contribution in [3.63, 3.8) is 0 Å². The van der Waals surface area contributed by atoms with Crippen LogP contribution in [-0.4, -0.2) is 87.2 Å². The minimum atomic E-state index is -6.34. The van der Waals surface area contributed by atoms with Crippen molar-refractivity contribution < 1.29 is 54.1 Å². The van der Waals surface area contributed by atoms with Gasteiger partial charge in [-0.1, -0.05) is 32.6 Å². The van der Waals surface area contributed by atoms with Crippen molar-refractivity contribution in [1.29, 1.82) is 0 Å². The highest BCUT2D eigenvalue weighted by Crippen LogP contribution is 2.48. The summed E-state index contributed by atoms with van der Waals surface area (Å²) in [5, 5.41) is 0. The maximum absolute atomic E-state index is 13.7. The normalized spacial score (nSPS) is 17.4. The third-order valence-corrected chi connectivity index (χ3v) is 5.09. The van der Waals surface area contributed by atoms with E-state index in [-0.39, 0.29) is 13.0 Å². The lowest BCUT2D eigenvalue weighted by molar-refractivity contribution is -0.346. The van der Waals surface area contributed by atoms with Gasteiger partial charge in [0.15, 0.2) is 0 Å². The summed E-state index contributed by atoms with van der Waals surface area (Å²) in [5.41, 5.74) is 0. The Morgan fingerprint density at radius 2 is 1.61 bits per heavy atom. The van der Waals surface area contributed by atoms with Crippen molar-refractivity contribution in [2.45, 2.75) is 75.7 Å². The molecule has 0 spiro atoms. The molecule has 196 valence electrons. The van der Waals surface area contributed by atoms with Gasteiger partial charge in [0.1, 0.15) is 12.7 Å². The molecule has 0 aliphatic carbocycles. The maximum Gasteiger partial charge on any atom is 0.380 e. The molecule has 1 fully saturated rings. The van der Waals surface area contributed by atoms with E-state index in [1.165, 1.54) is 0 Å². The topological polar surface area (TPSA) is 48.0 Å². The summed E-state index contributed by atoms with van der Waals surface area (Å²) in [5.74, 6) is -18.8. The number of nitrogens with zero attached hydrogens (tertiary/aromatic N) is 1. The van der Waals surface area contributed by atoms with E-state index >= 15 is 0 Å². The highest BCUT2D eigenvalue weighted by atomic mass is 19.4. The summed E-state index contributed by atoms with van der Waals surface area (Å²) >= 11 is 0. The number of halogens is 8. The molecule has 13 heteroatoms. The molecule has 0 radical (unpaired) electrons. The van der Waals surface area contributed by atoms with E-state index in [1.54, 1.807) is 4.90 Å². The van der Waals surface area contributed by atoms with Crippen molar-refractivity contribution in [3.05, 3.63) is 0 Å². The third-order valence-electron chi connectivity index (χ3n) is 5.09. The van der Waals surface area contributed by atoms with E-state index in [4.69, 9.17) is 9.47 Å². The van der Waals surface area contributed by atoms with Crippen molar-refractivity contribution >= 4 is 5.97 Å². The van der Waals surface area contributed by atoms with E-state index in [0.29, 0.717) is 32.7 Å². The van der Waals surface area contributed by atoms with Crippen LogP contribution < -0.4 is 0 Å². The van der Waals surface area contributed by atoms with Gasteiger partial charge in [-0.3, -0.25) is 9.69 Å². The van der Waals surface area contributed by atoms with Gasteiger partial charge in [0, 0.05) is 26.1 Å². The van der Waals surface area contributed by atoms with Gasteiger partial charge >= 0.3 is 30.2 Å². The molecule has 0 N–H and O–H groups in total. The second-order valence-corrected chi connectivity index (χ2v) is 7.91. The lowest BCUT2D eigenvalue weighted by Crippen LogP contribution is -2.59. The summed E-state index contributed by atoms with van der Waals surface area (Å²) in [7, 11) is 0. The summed E-state index contributed by atoms with van der Waals surface area (Å²) < 4.78 is 119. The molecule has 1 saturated heterocycles. The van der Waals surface area contributed by atoms with Crippen molar-refractivity contribution in [2.75, 3.05) is 46.1 Å². The summed E-state index contributed by atoms with van der Waals surface area (Å²) in [4.78, 5) is 13.8. The molecular weight excluding hydrogens is 470 g/mol. The van der Waals surface area contributed by atoms with Gasteiger partial charge in [-0.25, -0.2) is 8.78 Å². The Morgan fingerprint density at radius 1 is 1.00 bits per heavy atom. The standard InChI is InChI=1S/C20H31F8NO4/c1-2-3-4-5-6-7-16(30)33-15(12-29-8-10-31-11-9-29)13-32-14-18(23,24)20(27,28)19(25,26)17(21)22/h15,17H,2-14H2,1H3. The summed E-state index contributed by atoms with van der Waals surface area (Å²) in [6.07, 6.45) is -1.82. The zero-order chi connectivity index (χ0) is 25.1. The summed E-state index contributed by atoms with van der Waals surface area (Å²) in [6.45, 7) is 0.581. The molecule has 0 saturated carbocycles. The molecule has 0 aromatic carbocycles. The number of unbranched alkanes of at least 4 members (excludes halogenated alkanes) is 4. The Bertz CT molecular complexity index is 574. The fourth-order valence-electron chi connectivity index (χ4n) is 3.10. The number of carbonyl (C=O) groups is 1. The van der Waals surface area contributed by atoms with Crippen LogP contribution in [0.1, 0.15) is 45.4 Å². The Labute approximate surface area is 187 Å². The van der Waals surface area contributed by atoms with Crippen molar-refractivity contribution in [2.24, 2.45) is 0 Å². The van der Waals surface area contributed by atoms with Crippen LogP contribution in [0.15, 0.2) is 0 Å². The van der Waals surface area contributed by atoms with E-state index < -0.39 is 49.5 Å². The average molecular weight is 501 g/mol. The monoisotopic (exact) mass is 501 g/mol. The predicted molar refractivity (Wildman–Crippen MR) is 102 cm³/mol. The first-order valence-electron chi connectivity index (χ1n) is 10.8. The lowest BCUT2D eigenvalue weighted by Gasteiger charge is -2.33. The third kappa shape index (κ3) is 9.16. The Balaban J connectivity index is 2.67. The average Bonchev–Trinajstić information content (AvgIpc) is 2.73. The molecule has 0 aromatic heterocycles. The van der Waals surface area contributed by atoms with Gasteiger partial charge in [-0.2, -0.15) is 26.3 Å². The fourth-order valence-corrected chi connectivity index (χ4v) is 3.10. The SMILES string of the molecule is CCCCCCCC(=O)OC(COCC(F)(F)C(F)(F)C(F)(F)C(F)F)CN1CCOCC1. The van der Waals surface area contributed by atoms with Crippen molar-refractivity contribution in [3.8, 4) is 0 Å². The van der Waals surface area contributed by atoms with E-state index in [9.17, 15) is 39.9 Å². The molecule has 33 heavy (non-hydrogen) atoms. The largest absolute Gasteiger partial charge is 0.459 e. The highest BCUT2D eigenvalue weighted by molar-refractivity contribution is 5.69. The highest BCUT2D eigenvalue weighted by Gasteiger charge is 2.75. The molecule has 0 aromatic rings. The van der Waals surface area contributed by atoms with Crippen LogP contribution in [-0.2, 0) is 19.0 Å². The van der Waals surface area contributed by atoms with E-state index in [1.807, 2.05) is 6.92 Å². The molecule has 0 amide bonds. The Kier molecular flexibility index (Phi) is 12.3. The second kappa shape index (κ2) is 13.6. The van der Waals surface area contributed by atoms with Crippen LogP contribution in [0, 0.1) is 0 Å². The molecule has 1 heterocycles. The van der Waals surface area contributed by atoms with Crippen LogP contribution in [0.25, 0.3) is 0 Å². The van der Waals surface area contributed by atoms with Crippen LogP contribution in [0.5, 0.6) is 0 Å². The molecule has 0 bridgehead atoms. The fraction of sp³-hybridized carbons (Fsp3) is 0.950. The van der Waals surface area contributed by atoms with Crippen LogP contribution >= 0.6 is 0 Å². The molecule has 1 aliphatic rings. The molecule has 1 rings (SSSR count). The van der Waals surface area contributed by atoms with Gasteiger partial charge in [0.2, 0.25) is 0 Å². The molecule has 5 nitrogen and oxygen atoms in total. The number of rotatable bonds is 16. The first-order chi connectivity index (χ1) is 15.3. The minimum absolute atomic E-state index is 0.0140. The smallest absolute Gasteiger partial charge is 0.380 e. The first-order valence-corrected chi connectivity index (χ1v) is 10.8. The number of ether oxygens (including phenoxy) is 3. The van der Waals surface area contributed by atoms with Gasteiger partial charge in [0.05, 0.1) is 19.8 Å². The van der Waals surface area contributed by atoms with Crippen molar-refractivity contribution in [1.82, 2.24) is 4.90 Å². The lowest BCUT2D eigenvalue weighted by atomic mass is 10.1. The van der Waals surface area contributed by atoms with Gasteiger partial charge < -0.3 is 14.2 Å². The molecule has 1 aliphatic heterocycles. The Morgan fingerprint density at radius 3 is 2.18 bits per heavy atom. The zero-order valence-electron chi connectivity index (χ0n) is 18.5. The first kappa shape index (κ1) is 29.8. The summed E-state index contributed by atoms with van der Waals surface area (Å²) in [6, 6.07) is 0. The minimum Gasteiger partial charge on any atom is -0.459 e. The van der Waals surface area contributed by atoms with E-state index in [0.717, 1.165) is 25.7 Å². The number of alkyl halides is 8. The van der Waals surface area contributed by atoms with Crippen LogP contribution in [0.3, 0.4) is 0 Å². The second-order valence-electron chi connectivity index (χ2n) is 7.91. The molecule has 1 unspecified atom stereocenters. The van der Waals surface area contributed by atoms with Gasteiger partial charge in [-0.15, -0.1) is 0 Å². The number of esters is 1. The van der Waals surface area contributed by atoms with Crippen LogP contribution in [0.4, 0.5) is 35.1 Å². The van der Waals surface area contributed by atoms with Crippen LogP contribution in [0.2, 0.25) is 0 Å². The number of carbonyl (C=O) groups excluding carboxylic acids is 1. The van der Waals surface area contributed by atoms with E-state index in [2.05, 4.69) is 4.74 Å². The number of morpholine rings is 1. The van der Waals surface area contributed by atoms with Gasteiger partial charge in [-0.05, 0) is 6.42 Å². The zero-order valence-corrected chi connectivity index (χ0v) is 18.5.